The molecule has 0 aliphatic carbocycles. The maximum Gasteiger partial charge on any atom is 0.333 e. The van der Waals surface area contributed by atoms with E-state index in [2.05, 4.69) is 6.58 Å². The van der Waals surface area contributed by atoms with E-state index in [1.165, 1.54) is 0 Å². The van der Waals surface area contributed by atoms with Gasteiger partial charge in [-0.3, -0.25) is 4.79 Å². The van der Waals surface area contributed by atoms with E-state index in [9.17, 15) is 9.59 Å². The molecule has 0 spiro atoms. The van der Waals surface area contributed by atoms with Crippen molar-refractivity contribution >= 4 is 11.9 Å². The summed E-state index contributed by atoms with van der Waals surface area (Å²) < 4.78 is 10.4. The minimum absolute atomic E-state index is 0.193. The van der Waals surface area contributed by atoms with E-state index in [0.29, 0.717) is 5.57 Å². The first kappa shape index (κ1) is 17.7. The van der Waals surface area contributed by atoms with E-state index in [1.807, 2.05) is 34.6 Å². The highest BCUT2D eigenvalue weighted by atomic mass is 16.5. The Morgan fingerprint density at radius 1 is 1.05 bits per heavy atom. The van der Waals surface area contributed by atoms with Crippen LogP contribution in [-0.4, -0.2) is 25.2 Å². The van der Waals surface area contributed by atoms with Crippen LogP contribution in [0.15, 0.2) is 12.2 Å². The Labute approximate surface area is 116 Å². The molecule has 110 valence electrons. The van der Waals surface area contributed by atoms with Crippen LogP contribution in [0, 0.1) is 10.8 Å². The molecule has 0 aromatic heterocycles. The summed E-state index contributed by atoms with van der Waals surface area (Å²) in [6, 6.07) is 0. The van der Waals surface area contributed by atoms with Crippen LogP contribution in [0.25, 0.3) is 0 Å². The highest BCUT2D eigenvalue weighted by Crippen LogP contribution is 2.24. The van der Waals surface area contributed by atoms with Crippen molar-refractivity contribution in [2.75, 3.05) is 13.2 Å². The number of hydrogen-bond acceptors (Lipinski definition) is 4. The van der Waals surface area contributed by atoms with Gasteiger partial charge in [-0.15, -0.1) is 0 Å². The van der Waals surface area contributed by atoms with E-state index < -0.39 is 16.8 Å². The van der Waals surface area contributed by atoms with E-state index >= 15 is 0 Å². The van der Waals surface area contributed by atoms with Crippen LogP contribution in [0.1, 0.15) is 48.0 Å². The van der Waals surface area contributed by atoms with Gasteiger partial charge in [-0.1, -0.05) is 27.4 Å². The maximum atomic E-state index is 11.8. The summed E-state index contributed by atoms with van der Waals surface area (Å²) in [5.74, 6) is -0.650. The largest absolute Gasteiger partial charge is 0.465 e. The van der Waals surface area contributed by atoms with Crippen molar-refractivity contribution in [3.8, 4) is 0 Å². The van der Waals surface area contributed by atoms with Crippen LogP contribution in [0.3, 0.4) is 0 Å². The number of ether oxygens (including phenoxy) is 2. The number of esters is 2. The summed E-state index contributed by atoms with van der Waals surface area (Å²) in [5.41, 5.74) is -0.533. The summed E-state index contributed by atoms with van der Waals surface area (Å²) in [6.07, 6.45) is 0.719. The summed E-state index contributed by atoms with van der Waals surface area (Å²) >= 11 is 0. The topological polar surface area (TPSA) is 52.6 Å². The third-order valence-electron chi connectivity index (χ3n) is 2.97. The Hall–Kier alpha value is -1.32. The molecule has 0 aromatic carbocycles. The normalized spacial score (nSPS) is 11.9. The molecule has 0 bridgehead atoms. The number of hydrogen-bond donors (Lipinski definition) is 0. The van der Waals surface area contributed by atoms with Crippen molar-refractivity contribution in [3.05, 3.63) is 12.2 Å². The molecule has 19 heavy (non-hydrogen) atoms. The standard InChI is InChI=1S/C15H26O4/c1-8-15(6,7)13(17)19-10-14(4,5)9-18-12(16)11(2)3/h2,8-10H2,1,3-7H3. The summed E-state index contributed by atoms with van der Waals surface area (Å²) in [6.45, 7) is 14.9. The van der Waals surface area contributed by atoms with Gasteiger partial charge in [0, 0.05) is 11.0 Å². The SMILES string of the molecule is C=C(C)C(=O)OCC(C)(C)COC(=O)C(C)(C)CC. The van der Waals surface area contributed by atoms with Crippen LogP contribution in [-0.2, 0) is 19.1 Å². The van der Waals surface area contributed by atoms with Gasteiger partial charge in [0.2, 0.25) is 0 Å². The summed E-state index contributed by atoms with van der Waals surface area (Å²) in [5, 5.41) is 0. The quantitative estimate of drug-likeness (QED) is 0.527. The van der Waals surface area contributed by atoms with Crippen molar-refractivity contribution in [2.24, 2.45) is 10.8 Å². The van der Waals surface area contributed by atoms with Crippen LogP contribution < -0.4 is 0 Å². The Bertz CT molecular complexity index is 353. The lowest BCUT2D eigenvalue weighted by atomic mass is 9.90. The third-order valence-corrected chi connectivity index (χ3v) is 2.97. The maximum absolute atomic E-state index is 11.8. The molecule has 0 saturated carbocycles. The molecular weight excluding hydrogens is 244 g/mol. The molecule has 0 aliphatic rings. The fourth-order valence-corrected chi connectivity index (χ4v) is 1.03. The molecule has 4 nitrogen and oxygen atoms in total. The predicted octanol–water partition coefficient (Wildman–Crippen LogP) is 3.11. The number of rotatable bonds is 7. The Kier molecular flexibility index (Phi) is 6.27. The molecule has 0 heterocycles. The zero-order valence-electron chi connectivity index (χ0n) is 13.0. The van der Waals surface area contributed by atoms with Gasteiger partial charge in [0.05, 0.1) is 18.6 Å². The predicted molar refractivity (Wildman–Crippen MR) is 74.6 cm³/mol. The lowest BCUT2D eigenvalue weighted by Crippen LogP contribution is -2.33. The summed E-state index contributed by atoms with van der Waals surface area (Å²) in [4.78, 5) is 23.1. The monoisotopic (exact) mass is 270 g/mol. The van der Waals surface area contributed by atoms with Gasteiger partial charge in [0.25, 0.3) is 0 Å². The zero-order valence-corrected chi connectivity index (χ0v) is 13.0. The molecule has 0 radical (unpaired) electrons. The molecule has 0 amide bonds. The van der Waals surface area contributed by atoms with Gasteiger partial charge in [-0.2, -0.15) is 0 Å². The molecule has 0 aliphatic heterocycles. The first-order valence-corrected chi connectivity index (χ1v) is 6.52. The second kappa shape index (κ2) is 6.73. The van der Waals surface area contributed by atoms with Crippen molar-refractivity contribution in [1.29, 1.82) is 0 Å². The Balaban J connectivity index is 4.28. The van der Waals surface area contributed by atoms with Crippen LogP contribution in [0.4, 0.5) is 0 Å². The van der Waals surface area contributed by atoms with E-state index in [4.69, 9.17) is 9.47 Å². The van der Waals surface area contributed by atoms with E-state index in [1.54, 1.807) is 6.92 Å². The summed E-state index contributed by atoms with van der Waals surface area (Å²) in [7, 11) is 0. The van der Waals surface area contributed by atoms with Gasteiger partial charge in [-0.05, 0) is 27.2 Å². The van der Waals surface area contributed by atoms with Crippen LogP contribution >= 0.6 is 0 Å². The molecular formula is C15H26O4. The highest BCUT2D eigenvalue weighted by molar-refractivity contribution is 5.86. The molecule has 4 heteroatoms. The van der Waals surface area contributed by atoms with Gasteiger partial charge in [-0.25, -0.2) is 4.79 Å². The first-order chi connectivity index (χ1) is 8.52. The lowest BCUT2D eigenvalue weighted by Gasteiger charge is -2.27. The highest BCUT2D eigenvalue weighted by Gasteiger charge is 2.30. The van der Waals surface area contributed by atoms with E-state index in [0.717, 1.165) is 6.42 Å². The minimum atomic E-state index is -0.482. The van der Waals surface area contributed by atoms with Gasteiger partial charge in [0.1, 0.15) is 0 Å². The third kappa shape index (κ3) is 6.41. The zero-order chi connectivity index (χ0) is 15.3. The molecule has 0 fully saturated rings. The van der Waals surface area contributed by atoms with Crippen molar-refractivity contribution < 1.29 is 19.1 Å². The molecule has 0 rings (SSSR count). The molecule has 0 unspecified atom stereocenters. The van der Waals surface area contributed by atoms with Gasteiger partial charge in [0.15, 0.2) is 0 Å². The van der Waals surface area contributed by atoms with Crippen LogP contribution in [0.2, 0.25) is 0 Å². The van der Waals surface area contributed by atoms with Crippen molar-refractivity contribution in [1.82, 2.24) is 0 Å². The fourth-order valence-electron chi connectivity index (χ4n) is 1.03. The molecule has 0 aromatic rings. The van der Waals surface area contributed by atoms with Crippen molar-refractivity contribution in [3.63, 3.8) is 0 Å². The smallest absolute Gasteiger partial charge is 0.333 e. The fraction of sp³-hybridized carbons (Fsp3) is 0.733. The molecule has 0 atom stereocenters. The van der Waals surface area contributed by atoms with Crippen molar-refractivity contribution in [2.45, 2.75) is 48.0 Å². The van der Waals surface area contributed by atoms with Gasteiger partial charge >= 0.3 is 11.9 Å². The first-order valence-electron chi connectivity index (χ1n) is 6.52. The Morgan fingerprint density at radius 2 is 1.53 bits per heavy atom. The Morgan fingerprint density at radius 3 is 1.95 bits per heavy atom. The lowest BCUT2D eigenvalue weighted by molar-refractivity contribution is -0.159. The van der Waals surface area contributed by atoms with Crippen LogP contribution in [0.5, 0.6) is 0 Å². The second-order valence-corrected chi connectivity index (χ2v) is 6.33. The molecule has 0 N–H and O–H groups in total. The number of carbonyl (C=O) groups is 2. The average molecular weight is 270 g/mol. The second-order valence-electron chi connectivity index (χ2n) is 6.33. The minimum Gasteiger partial charge on any atom is -0.465 e. The number of carbonyl (C=O) groups excluding carboxylic acids is 2. The molecule has 0 saturated heterocycles. The van der Waals surface area contributed by atoms with E-state index in [-0.39, 0.29) is 19.2 Å². The average Bonchev–Trinajstić information content (AvgIpc) is 2.32. The van der Waals surface area contributed by atoms with Gasteiger partial charge < -0.3 is 9.47 Å².